The van der Waals surface area contributed by atoms with Gasteiger partial charge in [-0.15, -0.1) is 11.3 Å². The van der Waals surface area contributed by atoms with Crippen molar-refractivity contribution < 1.29 is 4.42 Å². The van der Waals surface area contributed by atoms with Gasteiger partial charge in [0.15, 0.2) is 17.5 Å². The van der Waals surface area contributed by atoms with Crippen LogP contribution in [0.2, 0.25) is 0 Å². The average Bonchev–Trinajstić information content (AvgIpc) is 3.85. The van der Waals surface area contributed by atoms with Crippen LogP contribution in [0.5, 0.6) is 0 Å². The Hall–Kier alpha value is -7.47. The van der Waals surface area contributed by atoms with Crippen LogP contribution in [-0.2, 0) is 0 Å². The van der Waals surface area contributed by atoms with E-state index in [1.165, 1.54) is 52.5 Å². The van der Waals surface area contributed by atoms with Crippen LogP contribution in [0.25, 0.3) is 130 Å². The lowest BCUT2D eigenvalue weighted by molar-refractivity contribution is 0.673. The molecule has 58 heavy (non-hydrogen) atoms. The molecule has 0 aliphatic rings. The molecule has 10 aromatic carbocycles. The summed E-state index contributed by atoms with van der Waals surface area (Å²) in [6.45, 7) is 0. The monoisotopic (exact) mass is 755 g/mol. The third-order valence-corrected chi connectivity index (χ3v) is 13.0. The van der Waals surface area contributed by atoms with Crippen molar-refractivity contribution in [2.45, 2.75) is 0 Å². The molecule has 0 amide bonds. The molecule has 0 N–H and O–H groups in total. The van der Waals surface area contributed by atoms with E-state index in [0.717, 1.165) is 60.2 Å². The molecule has 0 aliphatic carbocycles. The number of rotatable bonds is 3. The first-order valence-electron chi connectivity index (χ1n) is 19.5. The molecule has 3 aromatic heterocycles. The molecule has 268 valence electrons. The van der Waals surface area contributed by atoms with Gasteiger partial charge in [0, 0.05) is 53.0 Å². The van der Waals surface area contributed by atoms with Crippen LogP contribution in [0.3, 0.4) is 0 Å². The molecule has 4 nitrogen and oxygen atoms in total. The Balaban J connectivity index is 1.15. The standard InChI is InChI=1S/C53H29N3OS/c1-2-12-31-27-33(22-21-30(31)11-1)51-54-52(34-23-26-46-43(28-34)39-18-9-10-20-45(39)58-46)56-53(55-51)49-35-14-4-3-13-32(35)29-44-48(49)42-25-24-41-38-17-6-5-15-36(38)37-16-7-8-19-40(37)47(41)50(42)57-44/h1-29H. The third kappa shape index (κ3) is 4.59. The summed E-state index contributed by atoms with van der Waals surface area (Å²) in [5.41, 5.74) is 4.48. The molecule has 13 aromatic rings. The topological polar surface area (TPSA) is 51.8 Å². The van der Waals surface area contributed by atoms with Gasteiger partial charge >= 0.3 is 0 Å². The Bertz CT molecular complexity index is 3840. The van der Waals surface area contributed by atoms with Crippen LogP contribution in [0.15, 0.2) is 180 Å². The van der Waals surface area contributed by atoms with Crippen LogP contribution in [0, 0.1) is 0 Å². The molecule has 0 atom stereocenters. The number of furan rings is 1. The zero-order chi connectivity index (χ0) is 37.9. The number of hydrogen-bond donors (Lipinski definition) is 0. The molecule has 0 aliphatic heterocycles. The van der Waals surface area contributed by atoms with Crippen LogP contribution >= 0.6 is 11.3 Å². The van der Waals surface area contributed by atoms with E-state index in [2.05, 4.69) is 176 Å². The van der Waals surface area contributed by atoms with Gasteiger partial charge in [-0.3, -0.25) is 0 Å². The molecule has 0 radical (unpaired) electrons. The Labute approximate surface area is 335 Å². The number of aromatic nitrogens is 3. The molecular formula is C53H29N3OS. The zero-order valence-corrected chi connectivity index (χ0v) is 31.7. The Kier molecular flexibility index (Phi) is 6.57. The molecular weight excluding hydrogens is 727 g/mol. The molecule has 0 bridgehead atoms. The first-order chi connectivity index (χ1) is 28.7. The minimum Gasteiger partial charge on any atom is -0.455 e. The average molecular weight is 756 g/mol. The molecule has 13 rings (SSSR count). The molecule has 0 spiro atoms. The molecule has 3 heterocycles. The number of nitrogens with zero attached hydrogens (tertiary/aromatic N) is 3. The summed E-state index contributed by atoms with van der Waals surface area (Å²) in [5, 5.41) is 16.0. The summed E-state index contributed by atoms with van der Waals surface area (Å²) in [6, 6.07) is 62.6. The van der Waals surface area contributed by atoms with E-state index < -0.39 is 0 Å². The highest BCUT2D eigenvalue weighted by Gasteiger charge is 2.23. The van der Waals surface area contributed by atoms with Crippen LogP contribution in [-0.4, -0.2) is 15.0 Å². The lowest BCUT2D eigenvalue weighted by Gasteiger charge is -2.12. The van der Waals surface area contributed by atoms with Gasteiger partial charge in [0.05, 0.1) is 0 Å². The van der Waals surface area contributed by atoms with E-state index in [1.807, 2.05) is 11.3 Å². The third-order valence-electron chi connectivity index (χ3n) is 11.9. The summed E-state index contributed by atoms with van der Waals surface area (Å²) in [6.07, 6.45) is 0. The molecule has 0 saturated carbocycles. The predicted octanol–water partition coefficient (Wildman–Crippen LogP) is 14.9. The minimum absolute atomic E-state index is 0.608. The number of fused-ring (bicyclic) bond motifs is 15. The van der Waals surface area contributed by atoms with Gasteiger partial charge in [0.25, 0.3) is 0 Å². The summed E-state index contributed by atoms with van der Waals surface area (Å²) in [7, 11) is 0. The van der Waals surface area contributed by atoms with Crippen molar-refractivity contribution in [1.29, 1.82) is 0 Å². The molecule has 0 fully saturated rings. The van der Waals surface area contributed by atoms with Crippen molar-refractivity contribution in [2.24, 2.45) is 0 Å². The lowest BCUT2D eigenvalue weighted by Crippen LogP contribution is -2.01. The maximum absolute atomic E-state index is 7.08. The number of benzene rings is 10. The second-order valence-electron chi connectivity index (χ2n) is 15.1. The number of thiophene rings is 1. The van der Waals surface area contributed by atoms with Gasteiger partial charge < -0.3 is 4.42 Å². The second-order valence-corrected chi connectivity index (χ2v) is 16.2. The van der Waals surface area contributed by atoms with Gasteiger partial charge in [-0.2, -0.15) is 0 Å². The van der Waals surface area contributed by atoms with Crippen molar-refractivity contribution in [1.82, 2.24) is 15.0 Å². The number of hydrogen-bond acceptors (Lipinski definition) is 5. The van der Waals surface area contributed by atoms with Crippen LogP contribution < -0.4 is 0 Å². The summed E-state index contributed by atoms with van der Waals surface area (Å²) >= 11 is 1.81. The summed E-state index contributed by atoms with van der Waals surface area (Å²) in [4.78, 5) is 16.0. The van der Waals surface area contributed by atoms with Crippen molar-refractivity contribution in [3.05, 3.63) is 176 Å². The summed E-state index contributed by atoms with van der Waals surface area (Å²) in [5.74, 6) is 1.86. The highest BCUT2D eigenvalue weighted by atomic mass is 32.1. The Morgan fingerprint density at radius 2 is 0.897 bits per heavy atom. The van der Waals surface area contributed by atoms with E-state index in [-0.39, 0.29) is 0 Å². The lowest BCUT2D eigenvalue weighted by atomic mass is 9.92. The highest BCUT2D eigenvalue weighted by Crippen LogP contribution is 2.46. The van der Waals surface area contributed by atoms with E-state index in [9.17, 15) is 0 Å². The SMILES string of the molecule is c1ccc2cc(-c3nc(-c4ccc5sc6ccccc6c5c4)nc(-c4c5ccccc5cc5oc6c(ccc7c8ccccc8c8ccccc8c76)c45)n3)ccc2c1. The first-order valence-corrected chi connectivity index (χ1v) is 20.3. The van der Waals surface area contributed by atoms with Gasteiger partial charge in [-0.05, 0) is 90.9 Å². The fourth-order valence-electron chi connectivity index (χ4n) is 9.22. The minimum atomic E-state index is 0.608. The smallest absolute Gasteiger partial charge is 0.165 e. The Morgan fingerprint density at radius 1 is 0.345 bits per heavy atom. The molecule has 0 unspecified atom stereocenters. The van der Waals surface area contributed by atoms with Crippen LogP contribution in [0.1, 0.15) is 0 Å². The van der Waals surface area contributed by atoms with Gasteiger partial charge in [0.2, 0.25) is 0 Å². The molecule has 0 saturated heterocycles. The maximum atomic E-state index is 7.08. The van der Waals surface area contributed by atoms with E-state index in [0.29, 0.717) is 17.5 Å². The van der Waals surface area contributed by atoms with Crippen molar-refractivity contribution in [2.75, 3.05) is 0 Å². The van der Waals surface area contributed by atoms with Crippen molar-refractivity contribution in [3.63, 3.8) is 0 Å². The normalized spacial score (nSPS) is 12.1. The van der Waals surface area contributed by atoms with E-state index >= 15 is 0 Å². The fourth-order valence-corrected chi connectivity index (χ4v) is 10.3. The first kappa shape index (κ1) is 31.7. The fraction of sp³-hybridized carbons (Fsp3) is 0. The quantitative estimate of drug-likeness (QED) is 0.169. The predicted molar refractivity (Wildman–Crippen MR) is 244 cm³/mol. The van der Waals surface area contributed by atoms with Gasteiger partial charge in [-0.1, -0.05) is 133 Å². The van der Waals surface area contributed by atoms with E-state index in [1.54, 1.807) is 0 Å². The highest BCUT2D eigenvalue weighted by molar-refractivity contribution is 7.25. The second kappa shape index (κ2) is 12.0. The Morgan fingerprint density at radius 3 is 1.69 bits per heavy atom. The van der Waals surface area contributed by atoms with Crippen LogP contribution in [0.4, 0.5) is 0 Å². The maximum Gasteiger partial charge on any atom is 0.165 e. The van der Waals surface area contributed by atoms with Crippen molar-refractivity contribution in [3.8, 4) is 34.2 Å². The summed E-state index contributed by atoms with van der Waals surface area (Å²) < 4.78 is 9.58. The van der Waals surface area contributed by atoms with Crippen molar-refractivity contribution >= 4 is 107 Å². The zero-order valence-electron chi connectivity index (χ0n) is 30.9. The van der Waals surface area contributed by atoms with Gasteiger partial charge in [0.1, 0.15) is 11.2 Å². The largest absolute Gasteiger partial charge is 0.455 e. The van der Waals surface area contributed by atoms with E-state index in [4.69, 9.17) is 19.4 Å². The van der Waals surface area contributed by atoms with Gasteiger partial charge in [-0.25, -0.2) is 15.0 Å². The molecule has 5 heteroatoms.